The van der Waals surface area contributed by atoms with E-state index in [4.69, 9.17) is 9.84 Å². The van der Waals surface area contributed by atoms with E-state index in [0.717, 1.165) is 10.0 Å². The topological polar surface area (TPSA) is 49.7 Å². The molecule has 1 rings (SSSR count). The Hall–Kier alpha value is -0.580. The minimum Gasteiger partial charge on any atom is -0.493 e. The number of rotatable bonds is 5. The third-order valence-electron chi connectivity index (χ3n) is 1.98. The van der Waals surface area contributed by atoms with Crippen LogP contribution in [0.25, 0.3) is 0 Å². The maximum Gasteiger partial charge on any atom is 0.125 e. The van der Waals surface area contributed by atoms with Crippen molar-refractivity contribution in [1.29, 1.82) is 0 Å². The molecule has 0 saturated carbocycles. The molecule has 1 aromatic rings. The van der Waals surface area contributed by atoms with E-state index in [9.17, 15) is 5.11 Å². The van der Waals surface area contributed by atoms with E-state index >= 15 is 0 Å². The number of halogens is 1. The number of hydrogen-bond acceptors (Lipinski definition) is 3. The Kier molecular flexibility index (Phi) is 5.08. The molecule has 0 aromatic heterocycles. The van der Waals surface area contributed by atoms with Gasteiger partial charge >= 0.3 is 0 Å². The van der Waals surface area contributed by atoms with Gasteiger partial charge in [0.2, 0.25) is 0 Å². The van der Waals surface area contributed by atoms with Crippen LogP contribution in [0.4, 0.5) is 0 Å². The first-order valence-electron chi connectivity index (χ1n) is 4.86. The molecule has 84 valence electrons. The maximum absolute atomic E-state index is 9.54. The molecule has 0 unspecified atom stereocenters. The van der Waals surface area contributed by atoms with E-state index in [0.29, 0.717) is 18.8 Å². The van der Waals surface area contributed by atoms with Gasteiger partial charge in [-0.05, 0) is 25.1 Å². The third-order valence-corrected chi connectivity index (χ3v) is 2.48. The van der Waals surface area contributed by atoms with Gasteiger partial charge in [0.1, 0.15) is 5.75 Å². The van der Waals surface area contributed by atoms with Gasteiger partial charge in [-0.1, -0.05) is 15.9 Å². The standard InChI is InChI=1S/C11H15BrO3/c1-8(14)10-7-9(12)3-4-11(10)15-6-2-5-13/h3-4,7-8,13-14H,2,5-6H2,1H3/t8-/m0/s1. The number of hydrogen-bond donors (Lipinski definition) is 2. The molecule has 2 N–H and O–H groups in total. The van der Waals surface area contributed by atoms with Gasteiger partial charge in [0.05, 0.1) is 12.7 Å². The van der Waals surface area contributed by atoms with E-state index in [-0.39, 0.29) is 6.61 Å². The van der Waals surface area contributed by atoms with E-state index in [1.54, 1.807) is 6.92 Å². The van der Waals surface area contributed by atoms with Gasteiger partial charge in [-0.25, -0.2) is 0 Å². The summed E-state index contributed by atoms with van der Waals surface area (Å²) in [6.45, 7) is 2.26. The first-order valence-corrected chi connectivity index (χ1v) is 5.65. The lowest BCUT2D eigenvalue weighted by atomic mass is 10.1. The largest absolute Gasteiger partial charge is 0.493 e. The predicted octanol–water partition coefficient (Wildman–Crippen LogP) is 2.26. The molecular weight excluding hydrogens is 260 g/mol. The molecule has 0 aliphatic rings. The van der Waals surface area contributed by atoms with Crippen molar-refractivity contribution in [2.45, 2.75) is 19.4 Å². The van der Waals surface area contributed by atoms with Gasteiger partial charge in [0.15, 0.2) is 0 Å². The zero-order chi connectivity index (χ0) is 11.3. The molecule has 0 heterocycles. The monoisotopic (exact) mass is 274 g/mol. The van der Waals surface area contributed by atoms with Crippen LogP contribution in [-0.4, -0.2) is 23.4 Å². The molecule has 1 atom stereocenters. The summed E-state index contributed by atoms with van der Waals surface area (Å²) in [5, 5.41) is 18.2. The number of aliphatic hydroxyl groups is 2. The second-order valence-corrected chi connectivity index (χ2v) is 4.20. The fraction of sp³-hybridized carbons (Fsp3) is 0.455. The quantitative estimate of drug-likeness (QED) is 0.810. The summed E-state index contributed by atoms with van der Waals surface area (Å²) in [6, 6.07) is 5.50. The molecule has 0 fully saturated rings. The van der Waals surface area contributed by atoms with Crippen LogP contribution < -0.4 is 4.74 Å². The SMILES string of the molecule is C[C@H](O)c1cc(Br)ccc1OCCCO. The van der Waals surface area contributed by atoms with Gasteiger partial charge in [-0.3, -0.25) is 0 Å². The summed E-state index contributed by atoms with van der Waals surface area (Å²) < 4.78 is 6.36. The molecule has 0 amide bonds. The van der Waals surface area contributed by atoms with Crippen molar-refractivity contribution in [3.05, 3.63) is 28.2 Å². The highest BCUT2D eigenvalue weighted by molar-refractivity contribution is 9.10. The van der Waals surface area contributed by atoms with E-state index < -0.39 is 6.10 Å². The first-order chi connectivity index (χ1) is 7.15. The lowest BCUT2D eigenvalue weighted by molar-refractivity contribution is 0.187. The van der Waals surface area contributed by atoms with Crippen LogP contribution in [0.15, 0.2) is 22.7 Å². The van der Waals surface area contributed by atoms with E-state index in [1.165, 1.54) is 0 Å². The number of benzene rings is 1. The highest BCUT2D eigenvalue weighted by atomic mass is 79.9. The van der Waals surface area contributed by atoms with Crippen molar-refractivity contribution in [2.24, 2.45) is 0 Å². The maximum atomic E-state index is 9.54. The van der Waals surface area contributed by atoms with Crippen LogP contribution >= 0.6 is 15.9 Å². The number of ether oxygens (including phenoxy) is 1. The van der Waals surface area contributed by atoms with Gasteiger partial charge < -0.3 is 14.9 Å². The summed E-state index contributed by atoms with van der Waals surface area (Å²) in [6.07, 6.45) is 0.0293. The van der Waals surface area contributed by atoms with Crippen LogP contribution in [0, 0.1) is 0 Å². The lowest BCUT2D eigenvalue weighted by Crippen LogP contribution is -2.03. The smallest absolute Gasteiger partial charge is 0.125 e. The second kappa shape index (κ2) is 6.10. The Morgan fingerprint density at radius 2 is 2.20 bits per heavy atom. The fourth-order valence-electron chi connectivity index (χ4n) is 1.22. The molecule has 4 heteroatoms. The minimum atomic E-state index is -0.563. The van der Waals surface area contributed by atoms with Crippen molar-refractivity contribution in [3.8, 4) is 5.75 Å². The molecule has 0 bridgehead atoms. The molecule has 15 heavy (non-hydrogen) atoms. The summed E-state index contributed by atoms with van der Waals surface area (Å²) >= 11 is 3.34. The Bertz CT molecular complexity index is 313. The summed E-state index contributed by atoms with van der Waals surface area (Å²) in [4.78, 5) is 0. The molecule has 0 spiro atoms. The molecule has 0 saturated heterocycles. The minimum absolute atomic E-state index is 0.112. The van der Waals surface area contributed by atoms with Gasteiger partial charge in [0, 0.05) is 23.1 Å². The molecular formula is C11H15BrO3. The zero-order valence-corrected chi connectivity index (χ0v) is 10.2. The van der Waals surface area contributed by atoms with Crippen molar-refractivity contribution in [2.75, 3.05) is 13.2 Å². The fourth-order valence-corrected chi connectivity index (χ4v) is 1.60. The molecule has 0 radical (unpaired) electrons. The summed E-state index contributed by atoms with van der Waals surface area (Å²) in [7, 11) is 0. The zero-order valence-electron chi connectivity index (χ0n) is 8.61. The second-order valence-electron chi connectivity index (χ2n) is 3.28. The highest BCUT2D eigenvalue weighted by Crippen LogP contribution is 2.28. The summed E-state index contributed by atoms with van der Waals surface area (Å²) in [5.74, 6) is 0.668. The number of aliphatic hydroxyl groups excluding tert-OH is 2. The average molecular weight is 275 g/mol. The Morgan fingerprint density at radius 1 is 1.47 bits per heavy atom. The van der Waals surface area contributed by atoms with Crippen LogP contribution in [0.5, 0.6) is 5.75 Å². The highest BCUT2D eigenvalue weighted by Gasteiger charge is 2.09. The van der Waals surface area contributed by atoms with Crippen molar-refractivity contribution in [3.63, 3.8) is 0 Å². The van der Waals surface area contributed by atoms with Crippen LogP contribution in [0.1, 0.15) is 25.0 Å². The van der Waals surface area contributed by atoms with Crippen molar-refractivity contribution >= 4 is 15.9 Å². The van der Waals surface area contributed by atoms with Gasteiger partial charge in [0.25, 0.3) is 0 Å². The average Bonchev–Trinajstić information content (AvgIpc) is 2.20. The normalized spacial score (nSPS) is 12.5. The molecule has 0 aliphatic carbocycles. The molecule has 3 nitrogen and oxygen atoms in total. The Morgan fingerprint density at radius 3 is 2.80 bits per heavy atom. The van der Waals surface area contributed by atoms with Crippen LogP contribution in [0.2, 0.25) is 0 Å². The Labute approximate surface area is 97.8 Å². The lowest BCUT2D eigenvalue weighted by Gasteiger charge is -2.13. The van der Waals surface area contributed by atoms with Gasteiger partial charge in [-0.2, -0.15) is 0 Å². The predicted molar refractivity (Wildman–Crippen MR) is 62.0 cm³/mol. The molecule has 1 aromatic carbocycles. The van der Waals surface area contributed by atoms with Crippen LogP contribution in [-0.2, 0) is 0 Å². The summed E-state index contributed by atoms with van der Waals surface area (Å²) in [5.41, 5.74) is 0.752. The van der Waals surface area contributed by atoms with Crippen molar-refractivity contribution < 1.29 is 14.9 Å². The Balaban J connectivity index is 2.77. The molecule has 0 aliphatic heterocycles. The first kappa shape index (κ1) is 12.5. The van der Waals surface area contributed by atoms with Crippen LogP contribution in [0.3, 0.4) is 0 Å². The van der Waals surface area contributed by atoms with Crippen molar-refractivity contribution in [1.82, 2.24) is 0 Å². The van der Waals surface area contributed by atoms with E-state index in [1.807, 2.05) is 18.2 Å². The van der Waals surface area contributed by atoms with E-state index in [2.05, 4.69) is 15.9 Å². The van der Waals surface area contributed by atoms with Gasteiger partial charge in [-0.15, -0.1) is 0 Å². The third kappa shape index (κ3) is 3.81.